The molecule has 91 heavy (non-hydrogen) atoms. The molecule has 0 aromatic carbocycles. The van der Waals surface area contributed by atoms with Crippen LogP contribution in [-0.4, -0.2) is 228 Å². The summed E-state index contributed by atoms with van der Waals surface area (Å²) < 4.78 is 443. The van der Waals surface area contributed by atoms with Gasteiger partial charge in [-0.25, -0.2) is 0 Å². The Labute approximate surface area is 1100 Å². The molecule has 0 aliphatic rings. The van der Waals surface area contributed by atoms with Crippen LogP contribution in [0.1, 0.15) is 0 Å². The second kappa shape index (κ2) is 140. The molecule has 0 bridgehead atoms. The zero-order chi connectivity index (χ0) is 58.5. The predicted molar refractivity (Wildman–Crippen MR) is 136 cm³/mol. The van der Waals surface area contributed by atoms with Crippen molar-refractivity contribution >= 4 is 135 Å². The van der Waals surface area contributed by atoms with E-state index in [4.69, 9.17) is 228 Å². The van der Waals surface area contributed by atoms with E-state index in [1.807, 2.05) is 0 Å². The van der Waals surface area contributed by atoms with Crippen molar-refractivity contribution in [2.45, 2.75) is 0 Å². The molecule has 0 saturated heterocycles. The average Bonchev–Trinajstić information content (AvgIpc) is 2.54. The summed E-state index contributed by atoms with van der Waals surface area (Å²) in [5.41, 5.74) is 0. The monoisotopic (exact) mass is 1850 g/mol. The van der Waals surface area contributed by atoms with Gasteiger partial charge in [-0.05, 0) is 0 Å². The van der Waals surface area contributed by atoms with Crippen LogP contribution in [-0.2, 0) is 135 Å². The van der Waals surface area contributed by atoms with Crippen LogP contribution in [0.25, 0.3) is 0 Å². The molecule has 0 saturated carbocycles. The molecule has 0 fully saturated rings. The summed E-state index contributed by atoms with van der Waals surface area (Å²) in [7, 11) is -67.2. The van der Waals surface area contributed by atoms with Gasteiger partial charge in [0.2, 0.25) is 0 Å². The number of rotatable bonds is 0. The molecule has 91 heteroatoms. The molecule has 0 heterocycles. The zero-order valence-corrected chi connectivity index (χ0v) is 115. The van der Waals surface area contributed by atoms with Gasteiger partial charge in [0.05, 0.1) is 0 Å². The van der Waals surface area contributed by atoms with E-state index >= 15 is 0 Å². The molecule has 0 N–H and O–H groups in total. The predicted octanol–water partition coefficient (Wildman–Crippen LogP) is -95.3. The molecule has 416 valence electrons. The molecule has 0 rings (SSSR count). The van der Waals surface area contributed by atoms with E-state index in [1.54, 1.807) is 0 Å². The Hall–Kier alpha value is 24.3. The molecular formula is Na26O52S13. The zero-order valence-electron chi connectivity index (χ0n) is 52.5. The van der Waals surface area contributed by atoms with Crippen molar-refractivity contribution < 1.29 is 996 Å². The minimum atomic E-state index is -5.17. The van der Waals surface area contributed by atoms with Crippen molar-refractivity contribution in [3.63, 3.8) is 0 Å². The van der Waals surface area contributed by atoms with E-state index in [9.17, 15) is 0 Å². The molecule has 0 amide bonds. The minimum absolute atomic E-state index is 0. The van der Waals surface area contributed by atoms with Crippen molar-refractivity contribution in [3.8, 4) is 0 Å². The minimum Gasteiger partial charge on any atom is -0.759 e. The molecule has 0 atom stereocenters. The average molecular weight is 1850 g/mol. The van der Waals surface area contributed by atoms with Crippen LogP contribution in [0.5, 0.6) is 0 Å². The Morgan fingerprint density at radius 1 is 0.0769 bits per heavy atom. The summed E-state index contributed by atoms with van der Waals surface area (Å²) >= 11 is 0. The third-order valence-corrected chi connectivity index (χ3v) is 0. The van der Waals surface area contributed by atoms with Crippen LogP contribution in [0.3, 0.4) is 0 Å². The van der Waals surface area contributed by atoms with Gasteiger partial charge in [-0.3, -0.25) is 109 Å². The quantitative estimate of drug-likeness (QED) is 0.123. The molecule has 0 aliphatic heterocycles. The third-order valence-electron chi connectivity index (χ3n) is 0. The van der Waals surface area contributed by atoms with Crippen LogP contribution in [0.2, 0.25) is 0 Å². The summed E-state index contributed by atoms with van der Waals surface area (Å²) in [6, 6.07) is 0. The van der Waals surface area contributed by atoms with Crippen LogP contribution in [0.4, 0.5) is 0 Å². The first-order valence-electron chi connectivity index (χ1n) is 8.67. The summed E-state index contributed by atoms with van der Waals surface area (Å²) in [6.45, 7) is 0. The van der Waals surface area contributed by atoms with E-state index in [2.05, 4.69) is 0 Å². The van der Waals surface area contributed by atoms with Crippen LogP contribution in [0, 0.1) is 0 Å². The fourth-order valence-corrected chi connectivity index (χ4v) is 0. The molecule has 52 nitrogen and oxygen atoms in total. The Kier molecular flexibility index (Phi) is 399. The molecular weight excluding hydrogens is 1850 g/mol. The standard InChI is InChI=1S/26Na.13H2O4S/c;;;;;;;;;;;;;;;;;;;;;;;;;;13*1-5(2,3)4/h;;;;;;;;;;;;;;;;;;;;;;;;;;13*(H2,1,2,3,4)/q26*+1;;;;;;;;;;;;;/p-26. The maximum Gasteiger partial charge on any atom is 1.00 e. The first kappa shape index (κ1) is 259. The second-order valence-electron chi connectivity index (χ2n) is 5.31. The molecule has 0 spiro atoms. The summed E-state index contributed by atoms with van der Waals surface area (Å²) in [5, 5.41) is 0. The molecule has 0 aliphatic carbocycles. The Morgan fingerprint density at radius 2 is 0.0769 bits per heavy atom. The van der Waals surface area contributed by atoms with Crippen molar-refractivity contribution in [2.24, 2.45) is 0 Å². The van der Waals surface area contributed by atoms with Crippen LogP contribution in [0.15, 0.2) is 0 Å². The Morgan fingerprint density at radius 3 is 0.0769 bits per heavy atom. The fourth-order valence-electron chi connectivity index (χ4n) is 0. The van der Waals surface area contributed by atoms with Gasteiger partial charge in [0.1, 0.15) is 0 Å². The van der Waals surface area contributed by atoms with Gasteiger partial charge in [0.25, 0.3) is 0 Å². The summed E-state index contributed by atoms with van der Waals surface area (Å²) in [6.07, 6.45) is 0. The molecule has 0 aromatic heterocycles. The van der Waals surface area contributed by atoms with Crippen LogP contribution < -0.4 is 768 Å². The SMILES string of the molecule is O=S(=O)([O-])[O-].O=S(=O)([O-])[O-].O=S(=O)([O-])[O-].O=S(=O)([O-])[O-].O=S(=O)([O-])[O-].O=S(=O)([O-])[O-].O=S(=O)([O-])[O-].O=S(=O)([O-])[O-].O=S(=O)([O-])[O-].O=S(=O)([O-])[O-].O=S(=O)([O-])[O-].O=S(=O)([O-])[O-].O=S(=O)([O-])[O-].[Na+].[Na+].[Na+].[Na+].[Na+].[Na+].[Na+].[Na+].[Na+].[Na+].[Na+].[Na+].[Na+].[Na+].[Na+].[Na+].[Na+].[Na+].[Na+].[Na+].[Na+].[Na+].[Na+].[Na+].[Na+].[Na+]. The largest absolute Gasteiger partial charge is 1.00 e. The smallest absolute Gasteiger partial charge is 0.759 e. The maximum absolute atomic E-state index is 8.52. The van der Waals surface area contributed by atoms with Gasteiger partial charge in [-0.15, -0.1) is 0 Å². The van der Waals surface area contributed by atoms with E-state index < -0.39 is 135 Å². The summed E-state index contributed by atoms with van der Waals surface area (Å²) in [5.74, 6) is 0. The maximum atomic E-state index is 8.52. The van der Waals surface area contributed by atoms with Crippen molar-refractivity contribution in [1.82, 2.24) is 0 Å². The van der Waals surface area contributed by atoms with E-state index in [0.29, 0.717) is 0 Å². The van der Waals surface area contributed by atoms with E-state index in [-0.39, 0.29) is 768 Å². The third kappa shape index (κ3) is 2440. The first-order chi connectivity index (χ1) is 26.0. The van der Waals surface area contributed by atoms with Crippen LogP contribution >= 0.6 is 0 Å². The van der Waals surface area contributed by atoms with Gasteiger partial charge in [-0.2, -0.15) is 0 Å². The number of hydrogen-bond donors (Lipinski definition) is 0. The summed E-state index contributed by atoms with van der Waals surface area (Å²) in [4.78, 5) is 0. The van der Waals surface area contributed by atoms with Gasteiger partial charge < -0.3 is 118 Å². The fraction of sp³-hybridized carbons (Fsp3) is 0. The van der Waals surface area contributed by atoms with Gasteiger partial charge in [0, 0.05) is 135 Å². The second-order valence-corrected chi connectivity index (χ2v) is 15.9. The Balaban J connectivity index is -0.00000000850. The van der Waals surface area contributed by atoms with Gasteiger partial charge >= 0.3 is 768 Å². The van der Waals surface area contributed by atoms with Gasteiger partial charge in [-0.1, -0.05) is 0 Å². The normalized spacial score (nSPS) is 8.29. The number of hydrogen-bond acceptors (Lipinski definition) is 52. The van der Waals surface area contributed by atoms with Crippen molar-refractivity contribution in [1.29, 1.82) is 0 Å². The van der Waals surface area contributed by atoms with E-state index in [1.165, 1.54) is 0 Å². The molecule has 0 unspecified atom stereocenters. The van der Waals surface area contributed by atoms with Gasteiger partial charge in [0.15, 0.2) is 0 Å². The first-order valence-corrected chi connectivity index (χ1v) is 26.0. The van der Waals surface area contributed by atoms with Crippen molar-refractivity contribution in [3.05, 3.63) is 0 Å². The topological polar surface area (TPSA) is 1040 Å². The molecule has 0 aromatic rings. The molecule has 0 radical (unpaired) electrons. The Bertz CT molecular complexity index is 1930. The van der Waals surface area contributed by atoms with E-state index in [0.717, 1.165) is 0 Å². The van der Waals surface area contributed by atoms with Crippen molar-refractivity contribution in [2.75, 3.05) is 0 Å².